The molecule has 9 heteroatoms. The number of rotatable bonds is 5. The Balaban J connectivity index is 2.27. The predicted octanol–water partition coefficient (Wildman–Crippen LogP) is 2.09. The monoisotopic (exact) mass is 349 g/mol. The first kappa shape index (κ1) is 17.8. The Kier molecular flexibility index (Phi) is 5.33. The van der Waals surface area contributed by atoms with Crippen molar-refractivity contribution in [1.82, 2.24) is 4.31 Å². The third-order valence-electron chi connectivity index (χ3n) is 3.71. The molecule has 1 aliphatic rings. The van der Waals surface area contributed by atoms with E-state index in [0.717, 1.165) is 10.4 Å². The zero-order valence-electron chi connectivity index (χ0n) is 12.4. The molecule has 6 nitrogen and oxygen atoms in total. The van der Waals surface area contributed by atoms with Crippen LogP contribution in [0.15, 0.2) is 23.1 Å². The summed E-state index contributed by atoms with van der Waals surface area (Å²) in [5.74, 6) is -1.22. The van der Waals surface area contributed by atoms with Crippen LogP contribution in [0.5, 0.6) is 0 Å². The Morgan fingerprint density at radius 3 is 2.74 bits per heavy atom. The van der Waals surface area contributed by atoms with Gasteiger partial charge in [-0.2, -0.15) is 13.1 Å². The first-order chi connectivity index (χ1) is 10.7. The van der Waals surface area contributed by atoms with Crippen LogP contribution in [0.4, 0.5) is 8.78 Å². The number of carbonyl (C=O) groups is 1. The second-order valence-electron chi connectivity index (χ2n) is 5.31. The molecule has 0 amide bonds. The Hall–Kier alpha value is -1.58. The fourth-order valence-electron chi connectivity index (χ4n) is 2.52. The van der Waals surface area contributed by atoms with Crippen molar-refractivity contribution in [1.29, 1.82) is 0 Å². The summed E-state index contributed by atoms with van der Waals surface area (Å²) in [5.41, 5.74) is 0.331. The van der Waals surface area contributed by atoms with E-state index in [1.54, 1.807) is 6.92 Å². The Morgan fingerprint density at radius 2 is 2.13 bits per heavy atom. The van der Waals surface area contributed by atoms with Crippen LogP contribution in [0.2, 0.25) is 0 Å². The molecule has 1 aromatic rings. The van der Waals surface area contributed by atoms with Crippen molar-refractivity contribution in [3.8, 4) is 0 Å². The first-order valence-corrected chi connectivity index (χ1v) is 8.43. The fraction of sp³-hybridized carbons (Fsp3) is 0.500. The van der Waals surface area contributed by atoms with Gasteiger partial charge in [-0.3, -0.25) is 0 Å². The van der Waals surface area contributed by atoms with Crippen LogP contribution in [0, 0.1) is 6.92 Å². The number of benzene rings is 1. The molecule has 2 rings (SSSR count). The van der Waals surface area contributed by atoms with E-state index in [4.69, 9.17) is 5.11 Å². The molecule has 1 aromatic carbocycles. The molecule has 1 aliphatic heterocycles. The van der Waals surface area contributed by atoms with Crippen molar-refractivity contribution in [2.75, 3.05) is 13.1 Å². The van der Waals surface area contributed by atoms with Gasteiger partial charge in [0.05, 0.1) is 16.6 Å². The van der Waals surface area contributed by atoms with E-state index in [-0.39, 0.29) is 23.5 Å². The van der Waals surface area contributed by atoms with Gasteiger partial charge in [-0.1, -0.05) is 6.07 Å². The molecule has 0 bridgehead atoms. The van der Waals surface area contributed by atoms with E-state index in [1.165, 1.54) is 12.1 Å². The third kappa shape index (κ3) is 4.04. The number of piperidine rings is 1. The molecule has 0 spiro atoms. The topological polar surface area (TPSA) is 83.9 Å². The van der Waals surface area contributed by atoms with Gasteiger partial charge >= 0.3 is 12.6 Å². The summed E-state index contributed by atoms with van der Waals surface area (Å²) in [7, 11) is -3.96. The molecule has 1 heterocycles. The van der Waals surface area contributed by atoms with Crippen LogP contribution >= 0.6 is 0 Å². The number of alkyl halides is 2. The molecular formula is C14H17F2NO5S. The Labute approximate surface area is 132 Å². The molecule has 0 aromatic heterocycles. The standard InChI is InChI=1S/C14H17F2NO5S/c1-9-4-5-11(7-12(9)13(18)19)23(20,21)17-6-2-3-10(8-17)22-14(15)16/h4-5,7,10,14H,2-3,6,8H2,1H3,(H,18,19). The lowest BCUT2D eigenvalue weighted by Gasteiger charge is -2.31. The molecule has 23 heavy (non-hydrogen) atoms. The smallest absolute Gasteiger partial charge is 0.345 e. The quantitative estimate of drug-likeness (QED) is 0.880. The Bertz CT molecular complexity index is 692. The van der Waals surface area contributed by atoms with Gasteiger partial charge in [-0.15, -0.1) is 0 Å². The van der Waals surface area contributed by atoms with Crippen LogP contribution in [-0.4, -0.2) is 49.6 Å². The van der Waals surface area contributed by atoms with E-state index >= 15 is 0 Å². The van der Waals surface area contributed by atoms with Gasteiger partial charge in [0.15, 0.2) is 0 Å². The van der Waals surface area contributed by atoms with Crippen LogP contribution in [0.1, 0.15) is 28.8 Å². The highest BCUT2D eigenvalue weighted by molar-refractivity contribution is 7.89. The highest BCUT2D eigenvalue weighted by Gasteiger charge is 2.32. The average molecular weight is 349 g/mol. The highest BCUT2D eigenvalue weighted by atomic mass is 32.2. The number of sulfonamides is 1. The minimum atomic E-state index is -3.96. The first-order valence-electron chi connectivity index (χ1n) is 6.99. The summed E-state index contributed by atoms with van der Waals surface area (Å²) in [6, 6.07) is 3.81. The summed E-state index contributed by atoms with van der Waals surface area (Å²) in [6.07, 6.45) is -0.123. The predicted molar refractivity (Wildman–Crippen MR) is 77.0 cm³/mol. The van der Waals surface area contributed by atoms with E-state index < -0.39 is 28.7 Å². The lowest BCUT2D eigenvalue weighted by molar-refractivity contribution is -0.170. The molecule has 1 atom stereocenters. The third-order valence-corrected chi connectivity index (χ3v) is 5.57. The molecule has 1 N–H and O–H groups in total. The maximum absolute atomic E-state index is 12.6. The van der Waals surface area contributed by atoms with E-state index in [2.05, 4.69) is 4.74 Å². The molecule has 0 aliphatic carbocycles. The molecule has 128 valence electrons. The number of ether oxygens (including phenoxy) is 1. The second kappa shape index (κ2) is 6.90. The van der Waals surface area contributed by atoms with Gasteiger partial charge in [0.25, 0.3) is 0 Å². The zero-order chi connectivity index (χ0) is 17.2. The fourth-order valence-corrected chi connectivity index (χ4v) is 4.06. The second-order valence-corrected chi connectivity index (χ2v) is 7.24. The lowest BCUT2D eigenvalue weighted by Crippen LogP contribution is -2.43. The van der Waals surface area contributed by atoms with Crippen molar-refractivity contribution < 1.29 is 31.8 Å². The van der Waals surface area contributed by atoms with Gasteiger partial charge in [0, 0.05) is 13.1 Å². The van der Waals surface area contributed by atoms with Gasteiger partial charge < -0.3 is 9.84 Å². The van der Waals surface area contributed by atoms with Gasteiger partial charge in [0.1, 0.15) is 0 Å². The highest BCUT2D eigenvalue weighted by Crippen LogP contribution is 2.24. The van der Waals surface area contributed by atoms with Crippen molar-refractivity contribution in [2.45, 2.75) is 37.4 Å². The largest absolute Gasteiger partial charge is 0.478 e. The molecule has 0 radical (unpaired) electrons. The Morgan fingerprint density at radius 1 is 1.43 bits per heavy atom. The number of aryl methyl sites for hydroxylation is 1. The lowest BCUT2D eigenvalue weighted by atomic mass is 10.1. The minimum Gasteiger partial charge on any atom is -0.478 e. The summed E-state index contributed by atoms with van der Waals surface area (Å²) in [5, 5.41) is 9.10. The molecule has 1 unspecified atom stereocenters. The van der Waals surface area contributed by atoms with Crippen molar-refractivity contribution in [3.63, 3.8) is 0 Å². The average Bonchev–Trinajstić information content (AvgIpc) is 2.46. The van der Waals surface area contributed by atoms with E-state index in [9.17, 15) is 22.0 Å². The van der Waals surface area contributed by atoms with Crippen molar-refractivity contribution in [2.24, 2.45) is 0 Å². The minimum absolute atomic E-state index is 0.108. The maximum atomic E-state index is 12.6. The van der Waals surface area contributed by atoms with Gasteiger partial charge in [-0.05, 0) is 37.5 Å². The number of hydrogen-bond acceptors (Lipinski definition) is 4. The van der Waals surface area contributed by atoms with Crippen LogP contribution in [-0.2, 0) is 14.8 Å². The number of carboxylic acid groups (broad SMARTS) is 1. The van der Waals surface area contributed by atoms with Gasteiger partial charge in [0.2, 0.25) is 10.0 Å². The molecule has 1 saturated heterocycles. The summed E-state index contributed by atoms with van der Waals surface area (Å²) < 4.78 is 55.2. The van der Waals surface area contributed by atoms with Gasteiger partial charge in [-0.25, -0.2) is 13.2 Å². The van der Waals surface area contributed by atoms with E-state index in [0.29, 0.717) is 18.4 Å². The van der Waals surface area contributed by atoms with E-state index in [1.807, 2.05) is 0 Å². The number of carboxylic acids is 1. The van der Waals surface area contributed by atoms with Crippen LogP contribution < -0.4 is 0 Å². The SMILES string of the molecule is Cc1ccc(S(=O)(=O)N2CCCC(OC(F)F)C2)cc1C(=O)O. The summed E-state index contributed by atoms with van der Waals surface area (Å²) in [4.78, 5) is 11.0. The molecule has 1 fully saturated rings. The van der Waals surface area contributed by atoms with Crippen LogP contribution in [0.3, 0.4) is 0 Å². The number of halogens is 2. The summed E-state index contributed by atoms with van der Waals surface area (Å²) in [6.45, 7) is -1.39. The van der Waals surface area contributed by atoms with Crippen molar-refractivity contribution >= 4 is 16.0 Å². The molecule has 0 saturated carbocycles. The number of hydrogen-bond donors (Lipinski definition) is 1. The molecular weight excluding hydrogens is 332 g/mol. The number of nitrogens with zero attached hydrogens (tertiary/aromatic N) is 1. The van der Waals surface area contributed by atoms with Crippen molar-refractivity contribution in [3.05, 3.63) is 29.3 Å². The zero-order valence-corrected chi connectivity index (χ0v) is 13.2. The normalized spacial score (nSPS) is 19.9. The summed E-state index contributed by atoms with van der Waals surface area (Å²) >= 11 is 0. The van der Waals surface area contributed by atoms with Crippen LogP contribution in [0.25, 0.3) is 0 Å². The maximum Gasteiger partial charge on any atom is 0.345 e. The number of aromatic carboxylic acids is 1.